The average Bonchev–Trinajstić information content (AvgIpc) is 3.74. The second kappa shape index (κ2) is 11.2. The highest BCUT2D eigenvalue weighted by atomic mass is 15.0. The molecule has 3 heterocycles. The van der Waals surface area contributed by atoms with Gasteiger partial charge in [0, 0.05) is 49.1 Å². The van der Waals surface area contributed by atoms with Crippen LogP contribution in [0.5, 0.6) is 0 Å². The first kappa shape index (κ1) is 28.8. The van der Waals surface area contributed by atoms with E-state index in [0.29, 0.717) is 5.82 Å². The van der Waals surface area contributed by atoms with Crippen LogP contribution in [0, 0.1) is 0 Å². The van der Waals surface area contributed by atoms with Crippen LogP contribution < -0.4 is 0 Å². The molecule has 0 aliphatic heterocycles. The summed E-state index contributed by atoms with van der Waals surface area (Å²) in [5.74, 6) is 0.713. The molecule has 0 spiro atoms. The van der Waals surface area contributed by atoms with Crippen molar-refractivity contribution in [3.05, 3.63) is 182 Å². The molecule has 0 saturated heterocycles. The van der Waals surface area contributed by atoms with Crippen molar-refractivity contribution in [2.45, 2.75) is 0 Å². The number of benzene rings is 8. The van der Waals surface area contributed by atoms with Gasteiger partial charge in [-0.3, -0.25) is 0 Å². The van der Waals surface area contributed by atoms with Crippen LogP contribution in [0.2, 0.25) is 0 Å². The lowest BCUT2D eigenvalue weighted by Gasteiger charge is -2.13. The van der Waals surface area contributed by atoms with Gasteiger partial charge < -0.3 is 9.13 Å². The first-order valence-corrected chi connectivity index (χ1v) is 17.7. The molecule has 0 aliphatic rings. The highest BCUT2D eigenvalue weighted by Gasteiger charge is 2.20. The van der Waals surface area contributed by atoms with Crippen LogP contribution in [0.4, 0.5) is 0 Å². The van der Waals surface area contributed by atoms with Gasteiger partial charge in [-0.2, -0.15) is 0 Å². The standard InChI is InChI=1S/C48H30N4/c1-2-14-32(15-3-1)46-39-30-27-31-13-4-5-16-35(31)47(39)50-48(49-46)33-25-28-34(29-26-33)51-42-22-11-8-19-38(42)45-43(51)23-12-24-44(45)52-40-20-9-6-17-36(40)37-18-7-10-21-41(37)52/h1-30H. The van der Waals surface area contributed by atoms with Gasteiger partial charge in [0.05, 0.1) is 39.0 Å². The number of rotatable bonds is 4. The lowest BCUT2D eigenvalue weighted by atomic mass is 10.0. The zero-order valence-electron chi connectivity index (χ0n) is 28.1. The van der Waals surface area contributed by atoms with E-state index in [1.807, 2.05) is 6.07 Å². The molecule has 0 atom stereocenters. The largest absolute Gasteiger partial charge is 0.309 e. The molecule has 4 nitrogen and oxygen atoms in total. The summed E-state index contributed by atoms with van der Waals surface area (Å²) in [5, 5.41) is 8.31. The van der Waals surface area contributed by atoms with Gasteiger partial charge in [-0.25, -0.2) is 9.97 Å². The number of fused-ring (bicyclic) bond motifs is 9. The molecule has 0 saturated carbocycles. The molecule has 0 bridgehead atoms. The maximum absolute atomic E-state index is 5.22. The molecule has 52 heavy (non-hydrogen) atoms. The first-order valence-electron chi connectivity index (χ1n) is 17.7. The highest BCUT2D eigenvalue weighted by molar-refractivity contribution is 6.16. The van der Waals surface area contributed by atoms with Crippen LogP contribution in [0.1, 0.15) is 0 Å². The Kier molecular flexibility index (Phi) is 6.22. The fourth-order valence-corrected chi connectivity index (χ4v) is 8.22. The highest BCUT2D eigenvalue weighted by Crippen LogP contribution is 2.40. The van der Waals surface area contributed by atoms with Gasteiger partial charge in [0.15, 0.2) is 5.82 Å². The van der Waals surface area contributed by atoms with Crippen LogP contribution in [-0.4, -0.2) is 19.1 Å². The monoisotopic (exact) mass is 662 g/mol. The molecule has 242 valence electrons. The van der Waals surface area contributed by atoms with Gasteiger partial charge >= 0.3 is 0 Å². The van der Waals surface area contributed by atoms with E-state index in [1.54, 1.807) is 0 Å². The summed E-state index contributed by atoms with van der Waals surface area (Å²) in [5.41, 5.74) is 10.9. The molecule has 11 rings (SSSR count). The van der Waals surface area contributed by atoms with Crippen molar-refractivity contribution in [3.63, 3.8) is 0 Å². The van der Waals surface area contributed by atoms with E-state index < -0.39 is 0 Å². The minimum atomic E-state index is 0.713. The van der Waals surface area contributed by atoms with Crippen LogP contribution in [0.3, 0.4) is 0 Å². The molecule has 4 heteroatoms. The van der Waals surface area contributed by atoms with Crippen molar-refractivity contribution in [2.75, 3.05) is 0 Å². The second-order valence-electron chi connectivity index (χ2n) is 13.4. The number of nitrogens with zero attached hydrogens (tertiary/aromatic N) is 4. The minimum Gasteiger partial charge on any atom is -0.309 e. The van der Waals surface area contributed by atoms with Crippen molar-refractivity contribution < 1.29 is 0 Å². The van der Waals surface area contributed by atoms with E-state index >= 15 is 0 Å². The molecular weight excluding hydrogens is 633 g/mol. The maximum atomic E-state index is 5.22. The van der Waals surface area contributed by atoms with E-state index in [-0.39, 0.29) is 0 Å². The molecule has 3 aromatic heterocycles. The van der Waals surface area contributed by atoms with Gasteiger partial charge in [-0.05, 0) is 66.0 Å². The maximum Gasteiger partial charge on any atom is 0.160 e. The topological polar surface area (TPSA) is 35.6 Å². The molecule has 0 unspecified atom stereocenters. The van der Waals surface area contributed by atoms with Crippen molar-refractivity contribution in [2.24, 2.45) is 0 Å². The Morgan fingerprint density at radius 2 is 0.942 bits per heavy atom. The molecule has 0 fully saturated rings. The van der Waals surface area contributed by atoms with E-state index in [0.717, 1.165) is 44.3 Å². The molecule has 0 aliphatic carbocycles. The van der Waals surface area contributed by atoms with Gasteiger partial charge in [0.25, 0.3) is 0 Å². The molecule has 0 radical (unpaired) electrons. The summed E-state index contributed by atoms with van der Waals surface area (Å²) in [6.45, 7) is 0. The zero-order chi connectivity index (χ0) is 34.2. The third-order valence-electron chi connectivity index (χ3n) is 10.5. The Morgan fingerprint density at radius 1 is 0.346 bits per heavy atom. The van der Waals surface area contributed by atoms with Crippen LogP contribution >= 0.6 is 0 Å². The average molecular weight is 663 g/mol. The minimum absolute atomic E-state index is 0.713. The molecule has 0 amide bonds. The van der Waals surface area contributed by atoms with Gasteiger partial charge in [0.1, 0.15) is 0 Å². The van der Waals surface area contributed by atoms with Gasteiger partial charge in [0.2, 0.25) is 0 Å². The first-order chi connectivity index (χ1) is 25.8. The third-order valence-corrected chi connectivity index (χ3v) is 10.5. The van der Waals surface area contributed by atoms with Crippen molar-refractivity contribution in [3.8, 4) is 34.0 Å². The number of hydrogen-bond acceptors (Lipinski definition) is 2. The predicted octanol–water partition coefficient (Wildman–Crippen LogP) is 12.3. The summed E-state index contributed by atoms with van der Waals surface area (Å²) < 4.78 is 4.81. The van der Waals surface area contributed by atoms with Gasteiger partial charge in [-0.1, -0.05) is 121 Å². The summed E-state index contributed by atoms with van der Waals surface area (Å²) >= 11 is 0. The van der Waals surface area contributed by atoms with E-state index in [9.17, 15) is 0 Å². The summed E-state index contributed by atoms with van der Waals surface area (Å²) in [7, 11) is 0. The lowest BCUT2D eigenvalue weighted by molar-refractivity contribution is 1.17. The Balaban J connectivity index is 1.11. The summed E-state index contributed by atoms with van der Waals surface area (Å²) in [4.78, 5) is 10.4. The Morgan fingerprint density at radius 3 is 1.67 bits per heavy atom. The van der Waals surface area contributed by atoms with E-state index in [1.165, 1.54) is 49.2 Å². The lowest BCUT2D eigenvalue weighted by Crippen LogP contribution is -1.98. The summed E-state index contributed by atoms with van der Waals surface area (Å²) in [6, 6.07) is 64.8. The molecule has 11 aromatic rings. The van der Waals surface area contributed by atoms with E-state index in [4.69, 9.17) is 9.97 Å². The molecular formula is C48H30N4. The normalized spacial score (nSPS) is 11.8. The van der Waals surface area contributed by atoms with E-state index in [2.05, 4.69) is 185 Å². The van der Waals surface area contributed by atoms with Crippen molar-refractivity contribution >= 4 is 65.3 Å². The summed E-state index contributed by atoms with van der Waals surface area (Å²) in [6.07, 6.45) is 0. The Labute approximate surface area is 299 Å². The van der Waals surface area contributed by atoms with Crippen LogP contribution in [-0.2, 0) is 0 Å². The molecule has 8 aromatic carbocycles. The fraction of sp³-hybridized carbons (Fsp3) is 0. The van der Waals surface area contributed by atoms with Gasteiger partial charge in [-0.15, -0.1) is 0 Å². The SMILES string of the molecule is c1ccc(-c2nc(-c3ccc(-n4c5ccccc5c5c(-n6c7ccccc7c7ccccc76)cccc54)cc3)nc3c2ccc2ccccc23)cc1. The number of para-hydroxylation sites is 3. The second-order valence-corrected chi connectivity index (χ2v) is 13.4. The van der Waals surface area contributed by atoms with Crippen LogP contribution in [0.15, 0.2) is 182 Å². The van der Waals surface area contributed by atoms with Crippen LogP contribution in [0.25, 0.3) is 99.3 Å². The molecule has 0 N–H and O–H groups in total. The Hall–Kier alpha value is -7.04. The Bertz CT molecular complexity index is 3120. The van der Waals surface area contributed by atoms with Crippen molar-refractivity contribution in [1.29, 1.82) is 0 Å². The predicted molar refractivity (Wildman–Crippen MR) is 217 cm³/mol. The number of hydrogen-bond donors (Lipinski definition) is 0. The quantitative estimate of drug-likeness (QED) is 0.176. The smallest absolute Gasteiger partial charge is 0.160 e. The van der Waals surface area contributed by atoms with Crippen molar-refractivity contribution in [1.82, 2.24) is 19.1 Å². The zero-order valence-corrected chi connectivity index (χ0v) is 28.1. The third kappa shape index (κ3) is 4.21. The number of aromatic nitrogens is 4. The fourth-order valence-electron chi connectivity index (χ4n) is 8.22.